The van der Waals surface area contributed by atoms with Crippen molar-refractivity contribution in [3.63, 3.8) is 0 Å². The molecule has 0 radical (unpaired) electrons. The Balaban J connectivity index is 1.12. The van der Waals surface area contributed by atoms with E-state index in [4.69, 9.17) is 4.74 Å². The summed E-state index contributed by atoms with van der Waals surface area (Å²) in [6, 6.07) is 0.0172. The zero-order valence-corrected chi connectivity index (χ0v) is 18.7. The molecule has 172 valence electrons. The molecule has 2 aliphatic heterocycles. The molecule has 31 heavy (non-hydrogen) atoms. The smallest absolute Gasteiger partial charge is 0.327 e. The van der Waals surface area contributed by atoms with Gasteiger partial charge >= 0.3 is 12.1 Å². The molecule has 8 heteroatoms. The highest BCUT2D eigenvalue weighted by Gasteiger charge is 2.67. The first-order chi connectivity index (χ1) is 14.9. The Labute approximate surface area is 184 Å². The summed E-state index contributed by atoms with van der Waals surface area (Å²) in [5.41, 5.74) is -0.506. The molecule has 8 nitrogen and oxygen atoms in total. The van der Waals surface area contributed by atoms with Gasteiger partial charge in [-0.3, -0.25) is 9.69 Å². The Morgan fingerprint density at radius 1 is 1.06 bits per heavy atom. The van der Waals surface area contributed by atoms with Gasteiger partial charge in [0.15, 0.2) is 0 Å². The van der Waals surface area contributed by atoms with Crippen molar-refractivity contribution in [3.05, 3.63) is 0 Å². The molecule has 3 aliphatic carbocycles. The van der Waals surface area contributed by atoms with Crippen molar-refractivity contribution >= 4 is 18.0 Å². The third kappa shape index (κ3) is 3.70. The number of nitrogens with one attached hydrogen (secondary N) is 2. The number of imide groups is 1. The summed E-state index contributed by atoms with van der Waals surface area (Å²) in [6.45, 7) is 2.77. The van der Waals surface area contributed by atoms with Crippen LogP contribution in [0.2, 0.25) is 0 Å². The van der Waals surface area contributed by atoms with E-state index in [1.54, 1.807) is 7.05 Å². The monoisotopic (exact) mass is 432 g/mol. The number of hydrogen-bond donors (Lipinski definition) is 2. The van der Waals surface area contributed by atoms with Crippen LogP contribution in [0.15, 0.2) is 0 Å². The van der Waals surface area contributed by atoms with Crippen LogP contribution in [0, 0.1) is 17.3 Å². The molecule has 5 fully saturated rings. The normalized spacial score (nSPS) is 36.2. The predicted octanol–water partition coefficient (Wildman–Crippen LogP) is 2.48. The fourth-order valence-electron chi connectivity index (χ4n) is 6.73. The van der Waals surface area contributed by atoms with Crippen molar-refractivity contribution in [2.45, 2.75) is 75.8 Å². The van der Waals surface area contributed by atoms with Gasteiger partial charge in [0.25, 0.3) is 5.91 Å². The Kier molecular flexibility index (Phi) is 5.39. The lowest BCUT2D eigenvalue weighted by Crippen LogP contribution is -2.65. The summed E-state index contributed by atoms with van der Waals surface area (Å²) >= 11 is 0. The second kappa shape index (κ2) is 7.94. The molecule has 2 saturated heterocycles. The average Bonchev–Trinajstić information content (AvgIpc) is 3.28. The van der Waals surface area contributed by atoms with Crippen LogP contribution in [0.4, 0.5) is 9.59 Å². The number of hydrogen-bond acceptors (Lipinski definition) is 4. The van der Waals surface area contributed by atoms with E-state index in [2.05, 4.69) is 10.6 Å². The van der Waals surface area contributed by atoms with Crippen molar-refractivity contribution in [2.24, 2.45) is 17.3 Å². The van der Waals surface area contributed by atoms with Crippen LogP contribution in [0.1, 0.15) is 64.2 Å². The van der Waals surface area contributed by atoms with E-state index < -0.39 is 5.54 Å². The van der Waals surface area contributed by atoms with Gasteiger partial charge in [-0.1, -0.05) is 12.8 Å². The third-order valence-corrected chi connectivity index (χ3v) is 8.63. The average molecular weight is 433 g/mol. The molecule has 0 aromatic rings. The molecule has 2 spiro atoms. The summed E-state index contributed by atoms with van der Waals surface area (Å²) in [5.74, 6) is 0.958. The Morgan fingerprint density at radius 3 is 2.35 bits per heavy atom. The molecular formula is C23H36N4O4. The molecule has 2 N–H and O–H groups in total. The van der Waals surface area contributed by atoms with Gasteiger partial charge in [0.1, 0.15) is 5.54 Å². The molecule has 0 aromatic carbocycles. The fraction of sp³-hybridized carbons (Fsp3) is 0.870. The molecule has 0 unspecified atom stereocenters. The summed E-state index contributed by atoms with van der Waals surface area (Å²) < 4.78 is 5.28. The highest BCUT2D eigenvalue weighted by Crippen LogP contribution is 2.61. The first-order valence-electron chi connectivity index (χ1n) is 12.1. The van der Waals surface area contributed by atoms with Crippen LogP contribution in [-0.2, 0) is 9.53 Å². The second-order valence-electron chi connectivity index (χ2n) is 10.8. The van der Waals surface area contributed by atoms with E-state index in [9.17, 15) is 14.4 Å². The predicted molar refractivity (Wildman–Crippen MR) is 114 cm³/mol. The number of rotatable bonds is 5. The summed E-state index contributed by atoms with van der Waals surface area (Å²) in [6.07, 6.45) is 10.5. The van der Waals surface area contributed by atoms with E-state index >= 15 is 0 Å². The number of urea groups is 2. The topological polar surface area (TPSA) is 91.0 Å². The lowest BCUT2D eigenvalue weighted by atomic mass is 9.51. The number of carbonyl (C=O) groups excluding carboxylic acids is 3. The largest absolute Gasteiger partial charge is 0.381 e. The van der Waals surface area contributed by atoms with Gasteiger partial charge in [0.05, 0.1) is 13.2 Å². The lowest BCUT2D eigenvalue weighted by Gasteiger charge is -2.58. The SMILES string of the molecule is CN1C(=O)N(CC2COC2)C2(CC3(CCC(NC(=O)NCC4CCCC4)CC3)C2)C1=O. The van der Waals surface area contributed by atoms with Crippen LogP contribution in [-0.4, -0.2) is 72.7 Å². The highest BCUT2D eigenvalue weighted by molar-refractivity contribution is 6.07. The Bertz CT molecular complexity index is 730. The maximum Gasteiger partial charge on any atom is 0.327 e. The van der Waals surface area contributed by atoms with Crippen LogP contribution >= 0.6 is 0 Å². The van der Waals surface area contributed by atoms with Crippen LogP contribution < -0.4 is 10.6 Å². The van der Waals surface area contributed by atoms with E-state index in [1.165, 1.54) is 30.6 Å². The van der Waals surface area contributed by atoms with Crippen LogP contribution in [0.3, 0.4) is 0 Å². The maximum absolute atomic E-state index is 13.0. The van der Waals surface area contributed by atoms with Gasteiger partial charge in [-0.05, 0) is 62.7 Å². The van der Waals surface area contributed by atoms with Crippen LogP contribution in [0.5, 0.6) is 0 Å². The van der Waals surface area contributed by atoms with E-state index in [0.29, 0.717) is 31.6 Å². The van der Waals surface area contributed by atoms with Gasteiger partial charge in [-0.2, -0.15) is 0 Å². The molecule has 5 aliphatic rings. The minimum Gasteiger partial charge on any atom is -0.381 e. The number of carbonyl (C=O) groups is 3. The van der Waals surface area contributed by atoms with Crippen molar-refractivity contribution in [3.8, 4) is 0 Å². The van der Waals surface area contributed by atoms with Crippen molar-refractivity contribution < 1.29 is 19.1 Å². The Morgan fingerprint density at radius 2 is 1.74 bits per heavy atom. The standard InChI is InChI=1S/C23H36N4O4/c1-26-19(28)23(27(21(26)30)11-17-12-31-13-17)14-22(15-23)8-6-18(7-9-22)25-20(29)24-10-16-4-2-3-5-16/h16-18H,2-15H2,1H3,(H2,24,25,29). The van der Waals surface area contributed by atoms with Gasteiger partial charge < -0.3 is 20.3 Å². The summed E-state index contributed by atoms with van der Waals surface area (Å²) in [7, 11) is 1.61. The van der Waals surface area contributed by atoms with Crippen molar-refractivity contribution in [2.75, 3.05) is 33.4 Å². The summed E-state index contributed by atoms with van der Waals surface area (Å²) in [4.78, 5) is 41.2. The molecule has 0 atom stereocenters. The minimum atomic E-state index is -0.639. The van der Waals surface area contributed by atoms with E-state index in [1.807, 2.05) is 4.90 Å². The first kappa shape index (κ1) is 21.0. The highest BCUT2D eigenvalue weighted by atomic mass is 16.5. The van der Waals surface area contributed by atoms with Crippen molar-refractivity contribution in [1.82, 2.24) is 20.4 Å². The zero-order chi connectivity index (χ0) is 21.6. The molecule has 0 bridgehead atoms. The van der Waals surface area contributed by atoms with Gasteiger partial charge in [0.2, 0.25) is 0 Å². The molecule has 5 amide bonds. The molecule has 2 heterocycles. The number of ether oxygens (including phenoxy) is 1. The number of likely N-dealkylation sites (N-methyl/N-ethyl adjacent to an activating group) is 1. The fourth-order valence-corrected chi connectivity index (χ4v) is 6.73. The van der Waals surface area contributed by atoms with Crippen LogP contribution in [0.25, 0.3) is 0 Å². The number of nitrogens with zero attached hydrogens (tertiary/aromatic N) is 2. The minimum absolute atomic E-state index is 0.0325. The summed E-state index contributed by atoms with van der Waals surface area (Å²) in [5, 5.41) is 6.22. The second-order valence-corrected chi connectivity index (χ2v) is 10.8. The third-order valence-electron chi connectivity index (χ3n) is 8.63. The molecule has 0 aromatic heterocycles. The van der Waals surface area contributed by atoms with Gasteiger partial charge in [-0.25, -0.2) is 9.59 Å². The first-order valence-corrected chi connectivity index (χ1v) is 12.1. The maximum atomic E-state index is 13.0. The lowest BCUT2D eigenvalue weighted by molar-refractivity contribution is -0.152. The quantitative estimate of drug-likeness (QED) is 0.653. The molecule has 3 saturated carbocycles. The Hall–Kier alpha value is -1.83. The zero-order valence-electron chi connectivity index (χ0n) is 18.7. The van der Waals surface area contributed by atoms with E-state index in [-0.39, 0.29) is 29.4 Å². The van der Waals surface area contributed by atoms with Crippen molar-refractivity contribution in [1.29, 1.82) is 0 Å². The molecule has 5 rings (SSSR count). The van der Waals surface area contributed by atoms with Gasteiger partial charge in [-0.15, -0.1) is 0 Å². The number of amides is 5. The molecular weight excluding hydrogens is 396 g/mol. The van der Waals surface area contributed by atoms with Gasteiger partial charge in [0, 0.05) is 32.1 Å². The van der Waals surface area contributed by atoms with E-state index in [0.717, 1.165) is 45.1 Å².